The van der Waals surface area contributed by atoms with Crippen LogP contribution in [0.3, 0.4) is 0 Å². The molecule has 51 heavy (non-hydrogen) atoms. The Morgan fingerprint density at radius 3 is 1.39 bits per heavy atom. The van der Waals surface area contributed by atoms with Crippen LogP contribution in [0.1, 0.15) is 11.1 Å². The summed E-state index contributed by atoms with van der Waals surface area (Å²) in [5.74, 6) is 0. The highest BCUT2D eigenvalue weighted by Crippen LogP contribution is 2.28. The topological polar surface area (TPSA) is 260 Å². The molecular weight excluding hydrogens is 749 g/mol. The van der Waals surface area contributed by atoms with E-state index in [4.69, 9.17) is 16.2 Å². The van der Waals surface area contributed by atoms with Crippen LogP contribution in [0.5, 0.6) is 0 Å². The molecule has 0 radical (unpaired) electrons. The first-order chi connectivity index (χ1) is 23.6. The third kappa shape index (κ3) is 17.0. The Labute approximate surface area is 305 Å². The van der Waals surface area contributed by atoms with Gasteiger partial charge in [0.15, 0.2) is 0 Å². The van der Waals surface area contributed by atoms with Crippen LogP contribution < -0.4 is 40.7 Å². The Morgan fingerprint density at radius 2 is 1.12 bits per heavy atom. The molecule has 2 heterocycles. The molecule has 2 aromatic heterocycles. The van der Waals surface area contributed by atoms with Crippen LogP contribution in [-0.2, 0) is 43.0 Å². The van der Waals surface area contributed by atoms with Crippen molar-refractivity contribution in [1.29, 1.82) is 0 Å². The Kier molecular flexibility index (Phi) is 18.0. The molecule has 0 amide bonds. The van der Waals surface area contributed by atoms with Gasteiger partial charge in [0, 0.05) is 46.6 Å². The second-order valence-electron chi connectivity index (χ2n) is 10.6. The van der Waals surface area contributed by atoms with E-state index in [0.29, 0.717) is 22.8 Å². The molecule has 0 saturated carbocycles. The van der Waals surface area contributed by atoms with E-state index in [2.05, 4.69) is 74.4 Å². The fourth-order valence-electron chi connectivity index (χ4n) is 3.60. The second kappa shape index (κ2) is 20.5. The van der Waals surface area contributed by atoms with Crippen LogP contribution in [0.15, 0.2) is 56.9 Å². The number of benzene rings is 2. The molecule has 0 bridgehead atoms. The van der Waals surface area contributed by atoms with Gasteiger partial charge in [0.1, 0.15) is 25.5 Å². The number of azo groups is 2. The van der Waals surface area contributed by atoms with Crippen molar-refractivity contribution in [2.75, 3.05) is 68.6 Å². The number of nitrogens with two attached hydrogens (primary N) is 1. The van der Waals surface area contributed by atoms with Gasteiger partial charge in [0.05, 0.1) is 22.7 Å². The van der Waals surface area contributed by atoms with Crippen LogP contribution in [0, 0.1) is 13.8 Å². The Bertz CT molecular complexity index is 1970. The van der Waals surface area contributed by atoms with Crippen LogP contribution in [0.2, 0.25) is 0 Å². The fraction of sp³-hybridized carbons (Fsp3) is 0.407. The molecule has 0 spiro atoms. The van der Waals surface area contributed by atoms with E-state index in [1.165, 1.54) is 39.6 Å². The van der Waals surface area contributed by atoms with Crippen LogP contribution in [0.4, 0.5) is 43.3 Å². The zero-order chi connectivity index (χ0) is 39.1. The normalized spacial score (nSPS) is 11.2. The minimum absolute atomic E-state index is 0.482. The van der Waals surface area contributed by atoms with Crippen molar-refractivity contribution < 1.29 is 45.4 Å². The minimum Gasteiger partial charge on any atom is -0.707 e. The summed E-state index contributed by atoms with van der Waals surface area (Å²) in [6.45, 7) is 4.12. The van der Waals surface area contributed by atoms with Crippen molar-refractivity contribution in [3.05, 3.63) is 47.5 Å². The summed E-state index contributed by atoms with van der Waals surface area (Å²) in [5, 5.41) is 48.6. The predicted molar refractivity (Wildman–Crippen MR) is 192 cm³/mol. The van der Waals surface area contributed by atoms with Gasteiger partial charge in [-0.3, -0.25) is 0 Å². The number of anilines is 4. The first kappa shape index (κ1) is 44.7. The highest BCUT2D eigenvalue weighted by Gasteiger charge is 2.15. The maximum absolute atomic E-state index is 9.47. The fourth-order valence-corrected chi connectivity index (χ4v) is 4.90. The number of hydrogen-bond acceptors (Lipinski definition) is 20. The molecule has 0 atom stereocenters. The van der Waals surface area contributed by atoms with Crippen molar-refractivity contribution >= 4 is 86.2 Å². The van der Waals surface area contributed by atoms with Gasteiger partial charge in [-0.15, -0.1) is 9.36 Å². The summed E-state index contributed by atoms with van der Waals surface area (Å²) in [5.41, 5.74) is 12.0. The monoisotopic (exact) mass is 790 g/mol. The standard InChI is InChI=1S/C13H19N6S.C12H17N6S.2CH4O4S/c1-9-8-10(6-7-11(9)18(3)4)15-16-13-19(5)17-12(14-2)20-13;1-8-7-9(5-6-10(8)17(2)3)14-15-12-18(4)16-11(13)19-12;2*1-6(3,4)5-2/h6-8H,1-5H3,(H,14,17);5-7H,1-4H3,(H2,13,16);2*2H,1H3/q2*+1;;/p-2. The summed E-state index contributed by atoms with van der Waals surface area (Å²) in [4.78, 5) is 4.15. The lowest BCUT2D eigenvalue weighted by Crippen LogP contribution is -2.29. The molecular formula is C27H42N12O8S4. The molecule has 282 valence electrons. The highest BCUT2D eigenvalue weighted by molar-refractivity contribution is 7.86. The van der Waals surface area contributed by atoms with Gasteiger partial charge in [-0.25, -0.2) is 16.8 Å². The van der Waals surface area contributed by atoms with Gasteiger partial charge in [-0.05, 0) is 94.3 Å². The summed E-state index contributed by atoms with van der Waals surface area (Å²) in [7, 11) is 6.14. The summed E-state index contributed by atoms with van der Waals surface area (Å²) in [6.07, 6.45) is 1.36. The van der Waals surface area contributed by atoms with Crippen LogP contribution in [0.25, 0.3) is 0 Å². The van der Waals surface area contributed by atoms with E-state index in [-0.39, 0.29) is 0 Å². The lowest BCUT2D eigenvalue weighted by molar-refractivity contribution is -0.712. The van der Waals surface area contributed by atoms with E-state index in [9.17, 15) is 16.8 Å². The predicted octanol–water partition coefficient (Wildman–Crippen LogP) is 1.61. The number of nitrogens with zero attached hydrogens (tertiary/aromatic N) is 10. The Balaban J connectivity index is 0.000000389. The zero-order valence-electron chi connectivity index (χ0n) is 29.9. The molecule has 0 aliphatic rings. The first-order valence-electron chi connectivity index (χ1n) is 14.2. The van der Waals surface area contributed by atoms with Gasteiger partial charge >= 0.3 is 10.3 Å². The largest absolute Gasteiger partial charge is 0.707 e. The van der Waals surface area contributed by atoms with Crippen LogP contribution >= 0.6 is 22.7 Å². The number of aromatic nitrogens is 4. The van der Waals surface area contributed by atoms with Gasteiger partial charge in [0.25, 0.3) is 20.2 Å². The van der Waals surface area contributed by atoms with Crippen molar-refractivity contribution in [3.8, 4) is 0 Å². The van der Waals surface area contributed by atoms with E-state index in [1.807, 2.05) is 72.6 Å². The smallest absolute Gasteiger partial charge is 0.431 e. The molecule has 0 fully saturated rings. The third-order valence-corrected chi connectivity index (χ3v) is 8.04. The third-order valence-electron chi connectivity index (χ3n) is 5.71. The lowest BCUT2D eigenvalue weighted by atomic mass is 10.1. The summed E-state index contributed by atoms with van der Waals surface area (Å²) < 4.78 is 46.5. The molecule has 0 saturated heterocycles. The van der Waals surface area contributed by atoms with E-state index >= 15 is 0 Å². The molecule has 24 heteroatoms. The number of nitrogen functional groups attached to an aromatic ring is 1. The second-order valence-corrected chi connectivity index (χ2v) is 15.6. The average Bonchev–Trinajstić information content (AvgIpc) is 3.57. The summed E-state index contributed by atoms with van der Waals surface area (Å²) in [6, 6.07) is 12.0. The summed E-state index contributed by atoms with van der Waals surface area (Å²) >= 11 is 2.77. The van der Waals surface area contributed by atoms with Gasteiger partial charge < -0.3 is 40.0 Å². The van der Waals surface area contributed by atoms with Gasteiger partial charge in [-0.1, -0.05) is 10.2 Å². The number of nitrogens with one attached hydrogen (secondary N) is 1. The molecule has 2 aromatic carbocycles. The maximum Gasteiger partial charge on any atom is 0.431 e. The lowest BCUT2D eigenvalue weighted by Gasteiger charge is -2.14. The molecule has 4 aromatic rings. The SMILES string of the molecule is CNc1n[n+](C)c(N=Nc2ccc(N(C)C)c(C)c2)s1.CS(=O)(=O)O[O-].CS(=O)(=O)O[O-].Cc1cc(N=Nc2sc(N)n[n+]2C)ccc1N(C)C. The van der Waals surface area contributed by atoms with Gasteiger partial charge in [-0.2, -0.15) is 0 Å². The minimum atomic E-state index is -3.72. The van der Waals surface area contributed by atoms with Crippen molar-refractivity contribution in [2.45, 2.75) is 13.8 Å². The molecule has 0 aliphatic carbocycles. The van der Waals surface area contributed by atoms with Crippen molar-refractivity contribution in [1.82, 2.24) is 10.2 Å². The molecule has 3 N–H and O–H groups in total. The molecule has 4 rings (SSSR count). The first-order valence-corrected chi connectivity index (χ1v) is 19.5. The molecule has 0 aliphatic heterocycles. The Hall–Kier alpha value is -4.30. The number of aryl methyl sites for hydroxylation is 4. The average molecular weight is 791 g/mol. The van der Waals surface area contributed by atoms with Gasteiger partial charge in [0.2, 0.25) is 10.3 Å². The molecule has 0 unspecified atom stereocenters. The van der Waals surface area contributed by atoms with E-state index < -0.39 is 20.2 Å². The quantitative estimate of drug-likeness (QED) is 0.106. The molecule has 20 nitrogen and oxygen atoms in total. The number of hydrogen-bond donors (Lipinski definition) is 2. The zero-order valence-corrected chi connectivity index (χ0v) is 33.2. The van der Waals surface area contributed by atoms with Crippen LogP contribution in [-0.4, -0.2) is 74.8 Å². The van der Waals surface area contributed by atoms with E-state index in [0.717, 1.165) is 27.2 Å². The highest BCUT2D eigenvalue weighted by atomic mass is 32.2. The van der Waals surface area contributed by atoms with Crippen molar-refractivity contribution in [3.63, 3.8) is 0 Å². The van der Waals surface area contributed by atoms with Crippen molar-refractivity contribution in [2.24, 2.45) is 34.6 Å². The maximum atomic E-state index is 9.47. The number of rotatable bonds is 9. The Morgan fingerprint density at radius 1 is 0.745 bits per heavy atom. The van der Waals surface area contributed by atoms with E-state index in [1.54, 1.807) is 16.4 Å².